The third kappa shape index (κ3) is 4.64. The molecular weight excluding hydrogens is 416 g/mol. The molecule has 0 aliphatic heterocycles. The number of carboxylic acid groups (broad SMARTS) is 2. The van der Waals surface area contributed by atoms with Crippen LogP contribution in [0.15, 0.2) is 0 Å². The number of aliphatic carboxylic acids is 2. The summed E-state index contributed by atoms with van der Waals surface area (Å²) in [7, 11) is 0. The fourth-order valence-electron chi connectivity index (χ4n) is 6.28. The summed E-state index contributed by atoms with van der Waals surface area (Å²) in [6, 6.07) is 0. The number of hydrogen-bond acceptors (Lipinski definition) is 6. The summed E-state index contributed by atoms with van der Waals surface area (Å²) in [5.74, 6) is -3.55. The zero-order valence-electron chi connectivity index (χ0n) is 19.5. The van der Waals surface area contributed by atoms with Crippen molar-refractivity contribution in [2.24, 2.45) is 34.5 Å². The van der Waals surface area contributed by atoms with Gasteiger partial charge in [-0.3, -0.25) is 19.2 Å². The molecular formula is C24H36O8. The molecule has 32 heavy (non-hydrogen) atoms. The molecule has 0 aromatic carbocycles. The molecule has 0 aromatic rings. The van der Waals surface area contributed by atoms with Crippen LogP contribution in [-0.4, -0.2) is 46.3 Å². The van der Waals surface area contributed by atoms with E-state index in [9.17, 15) is 19.2 Å². The second kappa shape index (κ2) is 9.02. The summed E-state index contributed by atoms with van der Waals surface area (Å²) in [4.78, 5) is 47.9. The lowest BCUT2D eigenvalue weighted by Crippen LogP contribution is -2.70. The first-order chi connectivity index (χ1) is 14.9. The highest BCUT2D eigenvalue weighted by atomic mass is 16.6. The fraction of sp³-hybridized carbons (Fsp3) is 0.833. The summed E-state index contributed by atoms with van der Waals surface area (Å²) < 4.78 is 11.8. The van der Waals surface area contributed by atoms with Crippen LogP contribution in [0.4, 0.5) is 0 Å². The van der Waals surface area contributed by atoms with Crippen molar-refractivity contribution in [2.75, 3.05) is 0 Å². The van der Waals surface area contributed by atoms with Crippen LogP contribution in [0.1, 0.15) is 79.1 Å². The van der Waals surface area contributed by atoms with Crippen LogP contribution in [0.3, 0.4) is 0 Å². The molecule has 0 radical (unpaired) electrons. The first-order valence-electron chi connectivity index (χ1n) is 11.7. The minimum Gasteiger partial charge on any atom is -0.481 e. The van der Waals surface area contributed by atoms with Gasteiger partial charge in [0.1, 0.15) is 12.2 Å². The van der Waals surface area contributed by atoms with Crippen molar-refractivity contribution in [1.29, 1.82) is 0 Å². The monoisotopic (exact) mass is 452 g/mol. The van der Waals surface area contributed by atoms with E-state index in [1.165, 1.54) is 0 Å². The molecule has 0 spiro atoms. The fourth-order valence-corrected chi connectivity index (χ4v) is 6.28. The minimum atomic E-state index is -0.806. The number of rotatable bonds is 6. The maximum absolute atomic E-state index is 12.8. The first kappa shape index (κ1) is 24.5. The van der Waals surface area contributed by atoms with E-state index in [4.69, 9.17) is 19.7 Å². The number of esters is 2. The first-order valence-corrected chi connectivity index (χ1v) is 11.7. The Hall–Kier alpha value is -2.12. The lowest BCUT2D eigenvalue weighted by Gasteiger charge is -2.61. The number of carboxylic acids is 2. The van der Waals surface area contributed by atoms with E-state index in [0.29, 0.717) is 51.4 Å². The van der Waals surface area contributed by atoms with E-state index in [0.717, 1.165) is 0 Å². The van der Waals surface area contributed by atoms with Gasteiger partial charge in [0.25, 0.3) is 0 Å². The van der Waals surface area contributed by atoms with Gasteiger partial charge in [0.15, 0.2) is 0 Å². The van der Waals surface area contributed by atoms with Crippen LogP contribution in [-0.2, 0) is 28.7 Å². The topological polar surface area (TPSA) is 127 Å². The predicted octanol–water partition coefficient (Wildman–Crippen LogP) is 3.66. The summed E-state index contributed by atoms with van der Waals surface area (Å²) in [5.41, 5.74) is -1.10. The molecule has 3 rings (SSSR count). The highest BCUT2D eigenvalue weighted by molar-refractivity contribution is 5.76. The van der Waals surface area contributed by atoms with Gasteiger partial charge in [-0.05, 0) is 51.4 Å². The Morgan fingerprint density at radius 2 is 0.812 bits per heavy atom. The molecule has 8 heteroatoms. The second-order valence-corrected chi connectivity index (χ2v) is 11.1. The van der Waals surface area contributed by atoms with E-state index in [2.05, 4.69) is 0 Å². The molecule has 8 nitrogen and oxygen atoms in total. The van der Waals surface area contributed by atoms with Gasteiger partial charge in [-0.1, -0.05) is 27.7 Å². The number of hydrogen-bond donors (Lipinski definition) is 2. The van der Waals surface area contributed by atoms with Crippen molar-refractivity contribution in [2.45, 2.75) is 91.3 Å². The molecule has 0 heterocycles. The predicted molar refractivity (Wildman–Crippen MR) is 113 cm³/mol. The van der Waals surface area contributed by atoms with Crippen LogP contribution < -0.4 is 0 Å². The molecule has 3 fully saturated rings. The van der Waals surface area contributed by atoms with Gasteiger partial charge in [0.05, 0.1) is 23.7 Å². The van der Waals surface area contributed by atoms with E-state index in [-0.39, 0.29) is 35.6 Å². The van der Waals surface area contributed by atoms with Gasteiger partial charge in [0, 0.05) is 10.8 Å². The average Bonchev–Trinajstić information content (AvgIpc) is 2.75. The van der Waals surface area contributed by atoms with E-state index in [1.807, 2.05) is 27.7 Å². The summed E-state index contributed by atoms with van der Waals surface area (Å²) in [6.07, 6.45) is 3.16. The zero-order chi connectivity index (χ0) is 23.8. The molecule has 3 saturated carbocycles. The molecule has 0 atom stereocenters. The smallest absolute Gasteiger partial charge is 0.309 e. The van der Waals surface area contributed by atoms with Crippen molar-refractivity contribution >= 4 is 23.9 Å². The maximum Gasteiger partial charge on any atom is 0.309 e. The summed E-state index contributed by atoms with van der Waals surface area (Å²) in [5, 5.41) is 18.3. The number of carbonyl (C=O) groups excluding carboxylic acids is 2. The third-order valence-electron chi connectivity index (χ3n) is 7.99. The average molecular weight is 453 g/mol. The van der Waals surface area contributed by atoms with E-state index >= 15 is 0 Å². The van der Waals surface area contributed by atoms with Gasteiger partial charge in [0.2, 0.25) is 0 Å². The molecule has 0 aromatic heterocycles. The Bertz CT molecular complexity index is 678. The molecule has 2 N–H and O–H groups in total. The normalized spacial score (nSPS) is 35.8. The Morgan fingerprint density at radius 1 is 0.562 bits per heavy atom. The van der Waals surface area contributed by atoms with Gasteiger partial charge in [-0.15, -0.1) is 0 Å². The molecule has 0 amide bonds. The van der Waals surface area contributed by atoms with Crippen LogP contribution >= 0.6 is 0 Å². The SMILES string of the molecule is CC1(C)C(OC(=O)C2CCC(C(=O)O)CC2)C(C)(C)C1OC(=O)C1CCC(C(=O)O)CC1. The minimum absolute atomic E-state index is 0.289. The lowest BCUT2D eigenvalue weighted by atomic mass is 9.51. The van der Waals surface area contributed by atoms with Gasteiger partial charge in [-0.25, -0.2) is 0 Å². The van der Waals surface area contributed by atoms with Crippen LogP contribution in [0.2, 0.25) is 0 Å². The third-order valence-corrected chi connectivity index (χ3v) is 7.99. The Balaban J connectivity index is 1.55. The quantitative estimate of drug-likeness (QED) is 0.585. The van der Waals surface area contributed by atoms with E-state index < -0.39 is 35.0 Å². The second-order valence-electron chi connectivity index (χ2n) is 11.1. The number of ether oxygens (including phenoxy) is 2. The highest BCUT2D eigenvalue weighted by Gasteiger charge is 2.66. The van der Waals surface area contributed by atoms with Crippen molar-refractivity contribution in [1.82, 2.24) is 0 Å². The molecule has 0 saturated heterocycles. The van der Waals surface area contributed by atoms with Crippen molar-refractivity contribution in [3.63, 3.8) is 0 Å². The Morgan fingerprint density at radius 3 is 1.06 bits per heavy atom. The van der Waals surface area contributed by atoms with Gasteiger partial charge >= 0.3 is 23.9 Å². The molecule has 0 bridgehead atoms. The van der Waals surface area contributed by atoms with Gasteiger partial charge in [-0.2, -0.15) is 0 Å². The van der Waals surface area contributed by atoms with Crippen molar-refractivity contribution in [3.8, 4) is 0 Å². The Kier molecular flexibility index (Phi) is 6.91. The molecule has 3 aliphatic carbocycles. The maximum atomic E-state index is 12.8. The lowest BCUT2D eigenvalue weighted by molar-refractivity contribution is -0.271. The van der Waals surface area contributed by atoms with Gasteiger partial charge < -0.3 is 19.7 Å². The molecule has 3 aliphatic rings. The van der Waals surface area contributed by atoms with Crippen LogP contribution in [0.5, 0.6) is 0 Å². The largest absolute Gasteiger partial charge is 0.481 e. The van der Waals surface area contributed by atoms with Crippen LogP contribution in [0.25, 0.3) is 0 Å². The summed E-state index contributed by atoms with van der Waals surface area (Å²) >= 11 is 0. The highest BCUT2D eigenvalue weighted by Crippen LogP contribution is 2.58. The standard InChI is InChI=1S/C24H36O8/c1-23(2)21(31-19(29)15-9-5-13(6-10-15)17(25)26)24(3,4)22(23)32-20(30)16-11-7-14(8-12-16)18(27)28/h13-16,21-22H,5-12H2,1-4H3,(H,25,26)(H,27,28). The van der Waals surface area contributed by atoms with E-state index in [1.54, 1.807) is 0 Å². The van der Waals surface area contributed by atoms with Crippen molar-refractivity contribution in [3.05, 3.63) is 0 Å². The van der Waals surface area contributed by atoms with Crippen molar-refractivity contribution < 1.29 is 38.9 Å². The summed E-state index contributed by atoms with van der Waals surface area (Å²) in [6.45, 7) is 7.71. The zero-order valence-corrected chi connectivity index (χ0v) is 19.5. The number of carbonyl (C=O) groups is 4. The molecule has 0 unspecified atom stereocenters. The Labute approximate surface area is 189 Å². The van der Waals surface area contributed by atoms with Crippen LogP contribution in [0, 0.1) is 34.5 Å². The molecule has 180 valence electrons.